The fraction of sp³-hybridized carbons (Fsp3) is 0.391. The number of nitrogens with zero attached hydrogens (tertiary/aromatic N) is 3. The van der Waals surface area contributed by atoms with Gasteiger partial charge in [0.2, 0.25) is 11.8 Å². The molecule has 0 spiro atoms. The summed E-state index contributed by atoms with van der Waals surface area (Å²) in [6.07, 6.45) is 1.12. The highest BCUT2D eigenvalue weighted by Crippen LogP contribution is 2.41. The Hall–Kier alpha value is -2.62. The monoisotopic (exact) mass is 488 g/mol. The van der Waals surface area contributed by atoms with Crippen molar-refractivity contribution in [3.8, 4) is 17.0 Å². The Morgan fingerprint density at radius 2 is 2.00 bits per heavy atom. The molecular weight excluding hydrogens is 467 g/mol. The van der Waals surface area contributed by atoms with Crippen molar-refractivity contribution in [1.29, 1.82) is 0 Å². The average molecular weight is 489 g/mol. The molecule has 172 valence electrons. The predicted molar refractivity (Wildman–Crippen MR) is 124 cm³/mol. The molecule has 1 N–H and O–H groups in total. The van der Waals surface area contributed by atoms with Gasteiger partial charge in [-0.15, -0.1) is 11.3 Å². The zero-order valence-electron chi connectivity index (χ0n) is 17.9. The molecule has 0 bridgehead atoms. The molecule has 7 nitrogen and oxygen atoms in total. The number of alkyl halides is 1. The number of aromatic nitrogens is 2. The van der Waals surface area contributed by atoms with Crippen LogP contribution in [-0.4, -0.2) is 52.0 Å². The van der Waals surface area contributed by atoms with Crippen LogP contribution in [0.2, 0.25) is 5.02 Å². The number of hydrogen-bond acceptors (Lipinski definition) is 7. The van der Waals surface area contributed by atoms with Gasteiger partial charge in [0, 0.05) is 41.4 Å². The standard InChI is InChI=1S/C23H22ClFN4O3S/c1-12-5-13(24)6-15(22(12)32-18-9-26-8-16(18)25)21-23-17(27-11-28-21)7-14(33-23)10-29-19(30)3-2-4-20(29)31/h5-7,11,16,18,26H,2-4,8-10H2,1H3/t16-,18+/m0/s1. The van der Waals surface area contributed by atoms with Gasteiger partial charge in [0.25, 0.3) is 0 Å². The quantitative estimate of drug-likeness (QED) is 0.545. The molecule has 33 heavy (non-hydrogen) atoms. The lowest BCUT2D eigenvalue weighted by Crippen LogP contribution is -2.39. The molecule has 0 saturated carbocycles. The first-order chi connectivity index (χ1) is 15.9. The molecule has 5 rings (SSSR count). The van der Waals surface area contributed by atoms with Gasteiger partial charge in [-0.3, -0.25) is 14.5 Å². The van der Waals surface area contributed by atoms with Crippen molar-refractivity contribution < 1.29 is 18.7 Å². The van der Waals surface area contributed by atoms with Crippen molar-refractivity contribution in [2.24, 2.45) is 0 Å². The van der Waals surface area contributed by atoms with Crippen LogP contribution in [0.1, 0.15) is 29.7 Å². The molecule has 2 saturated heterocycles. The first kappa shape index (κ1) is 22.2. The van der Waals surface area contributed by atoms with Crippen LogP contribution in [0.15, 0.2) is 24.5 Å². The van der Waals surface area contributed by atoms with E-state index in [1.807, 2.05) is 13.0 Å². The first-order valence-corrected chi connectivity index (χ1v) is 12.0. The van der Waals surface area contributed by atoms with Crippen LogP contribution >= 0.6 is 22.9 Å². The Balaban J connectivity index is 1.55. The summed E-state index contributed by atoms with van der Waals surface area (Å²) in [5.74, 6) is 0.233. The molecule has 0 radical (unpaired) electrons. The topological polar surface area (TPSA) is 84.4 Å². The van der Waals surface area contributed by atoms with Crippen LogP contribution in [0.3, 0.4) is 0 Å². The number of nitrogens with one attached hydrogen (secondary N) is 1. The van der Waals surface area contributed by atoms with Crippen molar-refractivity contribution in [1.82, 2.24) is 20.2 Å². The van der Waals surface area contributed by atoms with Crippen molar-refractivity contribution in [3.05, 3.63) is 40.0 Å². The third-order valence-corrected chi connectivity index (χ3v) is 7.25. The van der Waals surface area contributed by atoms with E-state index in [2.05, 4.69) is 15.3 Å². The highest BCUT2D eigenvalue weighted by molar-refractivity contribution is 7.19. The van der Waals surface area contributed by atoms with E-state index in [-0.39, 0.29) is 24.9 Å². The fourth-order valence-electron chi connectivity index (χ4n) is 4.26. The summed E-state index contributed by atoms with van der Waals surface area (Å²) in [6, 6.07) is 5.41. The highest BCUT2D eigenvalue weighted by atomic mass is 35.5. The van der Waals surface area contributed by atoms with E-state index < -0.39 is 12.3 Å². The Labute approximate surface area is 198 Å². The first-order valence-electron chi connectivity index (χ1n) is 10.8. The summed E-state index contributed by atoms with van der Waals surface area (Å²) < 4.78 is 21.2. The van der Waals surface area contributed by atoms with Crippen molar-refractivity contribution in [3.63, 3.8) is 0 Å². The van der Waals surface area contributed by atoms with Crippen LogP contribution in [0.4, 0.5) is 4.39 Å². The fourth-order valence-corrected chi connectivity index (χ4v) is 5.63. The van der Waals surface area contributed by atoms with Crippen LogP contribution < -0.4 is 10.1 Å². The number of amides is 2. The molecule has 1 aromatic carbocycles. The molecule has 2 aliphatic rings. The molecule has 4 heterocycles. The number of thiophene rings is 1. The molecule has 2 fully saturated rings. The molecular formula is C23H22ClFN4O3S. The summed E-state index contributed by atoms with van der Waals surface area (Å²) in [4.78, 5) is 35.5. The Morgan fingerprint density at radius 3 is 2.73 bits per heavy atom. The second kappa shape index (κ2) is 8.96. The van der Waals surface area contributed by atoms with E-state index in [0.717, 1.165) is 15.1 Å². The highest BCUT2D eigenvalue weighted by Gasteiger charge is 2.31. The number of rotatable bonds is 5. The molecule has 0 unspecified atom stereocenters. The van der Waals surface area contributed by atoms with E-state index in [4.69, 9.17) is 16.3 Å². The second-order valence-electron chi connectivity index (χ2n) is 8.31. The number of likely N-dealkylation sites (tertiary alicyclic amines) is 1. The van der Waals surface area contributed by atoms with Crippen molar-refractivity contribution in [2.75, 3.05) is 13.1 Å². The summed E-state index contributed by atoms with van der Waals surface area (Å²) in [5, 5.41) is 3.52. The molecule has 2 aromatic heterocycles. The van der Waals surface area contributed by atoms with Gasteiger partial charge in [-0.2, -0.15) is 0 Å². The number of fused-ring (bicyclic) bond motifs is 1. The molecule has 2 atom stereocenters. The number of piperidine rings is 1. The SMILES string of the molecule is Cc1cc(Cl)cc(-c2ncnc3cc(CN4C(=O)CCCC4=O)sc23)c1O[C@@H]1CNC[C@@H]1F. The molecule has 3 aromatic rings. The van der Waals surface area contributed by atoms with E-state index in [1.165, 1.54) is 22.6 Å². The minimum Gasteiger partial charge on any atom is -0.485 e. The van der Waals surface area contributed by atoms with Crippen LogP contribution in [0.25, 0.3) is 21.5 Å². The maximum absolute atomic E-state index is 14.3. The van der Waals surface area contributed by atoms with E-state index in [9.17, 15) is 14.0 Å². The van der Waals surface area contributed by atoms with Gasteiger partial charge in [-0.25, -0.2) is 14.4 Å². The summed E-state index contributed by atoms with van der Waals surface area (Å²) in [5.41, 5.74) is 2.76. The number of benzene rings is 1. The van der Waals surface area contributed by atoms with Crippen LogP contribution in [0.5, 0.6) is 5.75 Å². The molecule has 10 heteroatoms. The molecule has 0 aliphatic carbocycles. The Bertz CT molecular complexity index is 1230. The third-order valence-electron chi connectivity index (χ3n) is 5.91. The largest absolute Gasteiger partial charge is 0.485 e. The summed E-state index contributed by atoms with van der Waals surface area (Å²) in [6.45, 7) is 2.76. The molecule has 2 amide bonds. The minimum absolute atomic E-state index is 0.151. The number of carbonyl (C=O) groups is 2. The number of carbonyl (C=O) groups excluding carboxylic acids is 2. The van der Waals surface area contributed by atoms with Crippen LogP contribution in [-0.2, 0) is 16.1 Å². The second-order valence-corrected chi connectivity index (χ2v) is 9.88. The van der Waals surface area contributed by atoms with Gasteiger partial charge in [0.15, 0.2) is 6.17 Å². The van der Waals surface area contributed by atoms with Gasteiger partial charge in [-0.1, -0.05) is 11.6 Å². The van der Waals surface area contributed by atoms with Gasteiger partial charge >= 0.3 is 0 Å². The lowest BCUT2D eigenvalue weighted by molar-refractivity contribution is -0.148. The maximum Gasteiger partial charge on any atom is 0.229 e. The minimum atomic E-state index is -1.11. The third kappa shape index (κ3) is 4.32. The number of hydrogen-bond donors (Lipinski definition) is 1. The van der Waals surface area contributed by atoms with Gasteiger partial charge in [-0.05, 0) is 37.1 Å². The Kier molecular flexibility index (Phi) is 6.03. The van der Waals surface area contributed by atoms with Gasteiger partial charge in [0.1, 0.15) is 18.2 Å². The van der Waals surface area contributed by atoms with E-state index in [1.54, 1.807) is 12.1 Å². The van der Waals surface area contributed by atoms with Crippen molar-refractivity contribution in [2.45, 2.75) is 45.0 Å². The predicted octanol–water partition coefficient (Wildman–Crippen LogP) is 4.05. The lowest BCUT2D eigenvalue weighted by atomic mass is 10.1. The van der Waals surface area contributed by atoms with Crippen LogP contribution in [0, 0.1) is 6.92 Å². The number of imide groups is 1. The number of halogens is 2. The Morgan fingerprint density at radius 1 is 1.21 bits per heavy atom. The zero-order valence-corrected chi connectivity index (χ0v) is 19.5. The normalized spacial score (nSPS) is 21.2. The lowest BCUT2D eigenvalue weighted by Gasteiger charge is -2.24. The van der Waals surface area contributed by atoms with E-state index in [0.29, 0.717) is 53.4 Å². The summed E-state index contributed by atoms with van der Waals surface area (Å²) >= 11 is 7.79. The number of ether oxygens (including phenoxy) is 1. The smallest absolute Gasteiger partial charge is 0.229 e. The van der Waals surface area contributed by atoms with Gasteiger partial charge in [0.05, 0.1) is 22.5 Å². The number of aryl methyl sites for hydroxylation is 1. The maximum atomic E-state index is 14.3. The van der Waals surface area contributed by atoms with Crippen molar-refractivity contribution >= 4 is 45.0 Å². The zero-order chi connectivity index (χ0) is 23.1. The molecule has 2 aliphatic heterocycles. The summed E-state index contributed by atoms with van der Waals surface area (Å²) in [7, 11) is 0. The van der Waals surface area contributed by atoms with E-state index >= 15 is 0 Å². The van der Waals surface area contributed by atoms with Gasteiger partial charge < -0.3 is 10.1 Å². The average Bonchev–Trinajstić information content (AvgIpc) is 3.38.